The number of carbonyl (C=O) groups excluding carboxylic acids is 1. The molecule has 0 fully saturated rings. The molecule has 0 saturated heterocycles. The van der Waals surface area contributed by atoms with E-state index < -0.39 is 0 Å². The lowest BCUT2D eigenvalue weighted by atomic mass is 9.96. The molecule has 0 aromatic heterocycles. The maximum atomic E-state index is 11.4. The SMILES string of the molecule is CCCC(C)C(Nc1ccc(Cl)cc1)C(N)=O. The lowest BCUT2D eigenvalue weighted by Gasteiger charge is -2.23. The van der Waals surface area contributed by atoms with Crippen molar-refractivity contribution in [3.05, 3.63) is 29.3 Å². The molecule has 0 aliphatic heterocycles. The van der Waals surface area contributed by atoms with Crippen molar-refractivity contribution in [1.29, 1.82) is 0 Å². The molecule has 0 heterocycles. The van der Waals surface area contributed by atoms with Crippen LogP contribution in [0.25, 0.3) is 0 Å². The maximum Gasteiger partial charge on any atom is 0.240 e. The molecule has 94 valence electrons. The summed E-state index contributed by atoms with van der Waals surface area (Å²) < 4.78 is 0. The average molecular weight is 255 g/mol. The van der Waals surface area contributed by atoms with Crippen molar-refractivity contribution >= 4 is 23.2 Å². The number of hydrogen-bond donors (Lipinski definition) is 2. The van der Waals surface area contributed by atoms with Crippen LogP contribution in [-0.4, -0.2) is 11.9 Å². The van der Waals surface area contributed by atoms with Gasteiger partial charge in [0.25, 0.3) is 0 Å². The molecule has 2 atom stereocenters. The fourth-order valence-electron chi connectivity index (χ4n) is 1.84. The van der Waals surface area contributed by atoms with Crippen molar-refractivity contribution in [2.45, 2.75) is 32.7 Å². The number of amides is 1. The molecule has 0 saturated carbocycles. The molecule has 17 heavy (non-hydrogen) atoms. The van der Waals surface area contributed by atoms with Gasteiger partial charge in [-0.25, -0.2) is 0 Å². The van der Waals surface area contributed by atoms with Crippen LogP contribution in [0.1, 0.15) is 26.7 Å². The van der Waals surface area contributed by atoms with Gasteiger partial charge in [-0.2, -0.15) is 0 Å². The first-order chi connectivity index (χ1) is 8.04. The molecule has 1 aromatic rings. The van der Waals surface area contributed by atoms with Crippen LogP contribution in [0.2, 0.25) is 5.02 Å². The molecule has 0 spiro atoms. The van der Waals surface area contributed by atoms with E-state index in [1.54, 1.807) is 12.1 Å². The van der Waals surface area contributed by atoms with E-state index in [4.69, 9.17) is 17.3 Å². The highest BCUT2D eigenvalue weighted by Crippen LogP contribution is 2.18. The third-order valence-corrected chi connectivity index (χ3v) is 3.04. The minimum atomic E-state index is -0.337. The zero-order valence-electron chi connectivity index (χ0n) is 10.2. The Morgan fingerprint density at radius 2 is 2.00 bits per heavy atom. The third kappa shape index (κ3) is 4.27. The molecule has 4 heteroatoms. The lowest BCUT2D eigenvalue weighted by molar-refractivity contribution is -0.119. The monoisotopic (exact) mass is 254 g/mol. The molecule has 0 radical (unpaired) electrons. The fourth-order valence-corrected chi connectivity index (χ4v) is 1.97. The zero-order chi connectivity index (χ0) is 12.8. The Balaban J connectivity index is 2.73. The number of rotatable bonds is 6. The van der Waals surface area contributed by atoms with Crippen molar-refractivity contribution in [1.82, 2.24) is 0 Å². The van der Waals surface area contributed by atoms with Crippen molar-refractivity contribution in [2.75, 3.05) is 5.32 Å². The third-order valence-electron chi connectivity index (χ3n) is 2.79. The standard InChI is InChI=1S/C13H19ClN2O/c1-3-4-9(2)12(13(15)17)16-11-7-5-10(14)6-8-11/h5-9,12,16H,3-4H2,1-2H3,(H2,15,17). The predicted molar refractivity (Wildman–Crippen MR) is 72.1 cm³/mol. The first-order valence-electron chi connectivity index (χ1n) is 5.86. The number of nitrogens with two attached hydrogens (primary N) is 1. The van der Waals surface area contributed by atoms with Crippen LogP contribution in [0.5, 0.6) is 0 Å². The zero-order valence-corrected chi connectivity index (χ0v) is 11.0. The molecule has 0 bridgehead atoms. The Hall–Kier alpha value is -1.22. The van der Waals surface area contributed by atoms with Crippen LogP contribution in [0, 0.1) is 5.92 Å². The summed E-state index contributed by atoms with van der Waals surface area (Å²) in [4.78, 5) is 11.4. The van der Waals surface area contributed by atoms with E-state index in [1.165, 1.54) is 0 Å². The van der Waals surface area contributed by atoms with Crippen LogP contribution in [-0.2, 0) is 4.79 Å². The number of carbonyl (C=O) groups is 1. The van der Waals surface area contributed by atoms with Gasteiger partial charge in [-0.3, -0.25) is 4.79 Å². The van der Waals surface area contributed by atoms with Crippen molar-refractivity contribution in [3.8, 4) is 0 Å². The van der Waals surface area contributed by atoms with Crippen molar-refractivity contribution in [2.24, 2.45) is 11.7 Å². The lowest BCUT2D eigenvalue weighted by Crippen LogP contribution is -2.40. The molecule has 1 aromatic carbocycles. The average Bonchev–Trinajstić information content (AvgIpc) is 2.28. The minimum absolute atomic E-state index is 0.216. The minimum Gasteiger partial charge on any atom is -0.373 e. The molecule has 1 rings (SSSR count). The van der Waals surface area contributed by atoms with Gasteiger partial charge in [0.1, 0.15) is 6.04 Å². The highest BCUT2D eigenvalue weighted by Gasteiger charge is 2.21. The number of nitrogens with one attached hydrogen (secondary N) is 1. The summed E-state index contributed by atoms with van der Waals surface area (Å²) in [7, 11) is 0. The van der Waals surface area contributed by atoms with Crippen LogP contribution in [0.4, 0.5) is 5.69 Å². The van der Waals surface area contributed by atoms with Gasteiger partial charge in [0.2, 0.25) is 5.91 Å². The Morgan fingerprint density at radius 1 is 1.41 bits per heavy atom. The molecule has 3 nitrogen and oxygen atoms in total. The van der Waals surface area contributed by atoms with E-state index in [2.05, 4.69) is 12.2 Å². The van der Waals surface area contributed by atoms with Gasteiger partial charge >= 0.3 is 0 Å². The molecule has 0 aliphatic carbocycles. The normalized spacial score (nSPS) is 14.1. The molecule has 0 aliphatic rings. The topological polar surface area (TPSA) is 55.1 Å². The number of halogens is 1. The van der Waals surface area contributed by atoms with Gasteiger partial charge in [-0.05, 0) is 36.6 Å². The fraction of sp³-hybridized carbons (Fsp3) is 0.462. The second kappa shape index (κ2) is 6.50. The number of hydrogen-bond acceptors (Lipinski definition) is 2. The van der Waals surface area contributed by atoms with E-state index in [0.29, 0.717) is 5.02 Å². The summed E-state index contributed by atoms with van der Waals surface area (Å²) in [5.41, 5.74) is 6.28. The summed E-state index contributed by atoms with van der Waals surface area (Å²) in [5.74, 6) is -0.103. The molecule has 1 amide bonds. The van der Waals surface area contributed by atoms with Gasteiger partial charge in [0.05, 0.1) is 0 Å². The van der Waals surface area contributed by atoms with Crippen molar-refractivity contribution in [3.63, 3.8) is 0 Å². The molecule has 3 N–H and O–H groups in total. The molecule has 2 unspecified atom stereocenters. The summed E-state index contributed by atoms with van der Waals surface area (Å²) in [6.45, 7) is 4.12. The maximum absolute atomic E-state index is 11.4. The largest absolute Gasteiger partial charge is 0.373 e. The first kappa shape index (κ1) is 13.8. The van der Waals surface area contributed by atoms with Crippen LogP contribution in [0.3, 0.4) is 0 Å². The first-order valence-corrected chi connectivity index (χ1v) is 6.23. The highest BCUT2D eigenvalue weighted by atomic mass is 35.5. The Bertz CT molecular complexity index is 364. The van der Waals surface area contributed by atoms with E-state index >= 15 is 0 Å². The van der Waals surface area contributed by atoms with Crippen molar-refractivity contribution < 1.29 is 4.79 Å². The van der Waals surface area contributed by atoms with Crippen LogP contribution in [0.15, 0.2) is 24.3 Å². The van der Waals surface area contributed by atoms with Gasteiger partial charge in [-0.1, -0.05) is 31.9 Å². The Kier molecular flexibility index (Phi) is 5.29. The quantitative estimate of drug-likeness (QED) is 0.820. The smallest absolute Gasteiger partial charge is 0.240 e. The summed E-state index contributed by atoms with van der Waals surface area (Å²) in [6, 6.07) is 6.92. The van der Waals surface area contributed by atoms with Gasteiger partial charge in [-0.15, -0.1) is 0 Å². The van der Waals surface area contributed by atoms with E-state index in [-0.39, 0.29) is 17.9 Å². The van der Waals surface area contributed by atoms with Gasteiger partial charge < -0.3 is 11.1 Å². The van der Waals surface area contributed by atoms with Crippen LogP contribution < -0.4 is 11.1 Å². The van der Waals surface area contributed by atoms with E-state index in [0.717, 1.165) is 18.5 Å². The molecular weight excluding hydrogens is 236 g/mol. The van der Waals surface area contributed by atoms with Gasteiger partial charge in [0.15, 0.2) is 0 Å². The number of primary amides is 1. The number of anilines is 1. The van der Waals surface area contributed by atoms with Crippen LogP contribution >= 0.6 is 11.6 Å². The second-order valence-corrected chi connectivity index (χ2v) is 4.73. The summed E-state index contributed by atoms with van der Waals surface area (Å²) >= 11 is 5.80. The Morgan fingerprint density at radius 3 is 2.47 bits per heavy atom. The predicted octanol–water partition coefficient (Wildman–Crippen LogP) is 3.04. The number of benzene rings is 1. The summed E-state index contributed by atoms with van der Waals surface area (Å²) in [5, 5.41) is 3.83. The van der Waals surface area contributed by atoms with Gasteiger partial charge in [0, 0.05) is 10.7 Å². The van der Waals surface area contributed by atoms with E-state index in [9.17, 15) is 4.79 Å². The van der Waals surface area contributed by atoms with E-state index in [1.807, 2.05) is 19.1 Å². The second-order valence-electron chi connectivity index (χ2n) is 4.30. The Labute approximate surface area is 107 Å². The molecular formula is C13H19ClN2O. The summed E-state index contributed by atoms with van der Waals surface area (Å²) in [6.07, 6.45) is 2.00. The highest BCUT2D eigenvalue weighted by molar-refractivity contribution is 6.30.